The number of fused-ring (bicyclic) bond motifs is 12. The first-order valence-electron chi connectivity index (χ1n) is 26.4. The molecular weight excluding hydrogens is 917 g/mol. The van der Waals surface area contributed by atoms with E-state index in [-0.39, 0.29) is 5.41 Å². The SMILES string of the molecule is C(=CN(c1ccc(-c2ccc(-c3ccc4c(c3)c3ccccc3n4-c3cccc4ccccc34)cc2)cc1)c1ccc2cc(-c3ccccc3)ccc2c1)C=C1CC2(c3ccccc31)c1ccccc1-c1ccccc12. The van der Waals surface area contributed by atoms with Gasteiger partial charge < -0.3 is 9.47 Å². The third-order valence-corrected chi connectivity index (χ3v) is 16.4. The zero-order valence-corrected chi connectivity index (χ0v) is 41.8. The number of hydrogen-bond donors (Lipinski definition) is 0. The van der Waals surface area contributed by atoms with Crippen LogP contribution < -0.4 is 4.90 Å². The molecule has 0 aliphatic heterocycles. The van der Waals surface area contributed by atoms with E-state index >= 15 is 0 Å². The Kier molecular flexibility index (Phi) is 10.2. The summed E-state index contributed by atoms with van der Waals surface area (Å²) < 4.78 is 2.43. The van der Waals surface area contributed by atoms with Crippen LogP contribution in [-0.4, -0.2) is 4.57 Å². The van der Waals surface area contributed by atoms with Crippen LogP contribution in [0.15, 0.2) is 291 Å². The number of rotatable bonds is 8. The van der Waals surface area contributed by atoms with Crippen LogP contribution in [0.25, 0.3) is 99.1 Å². The second-order valence-electron chi connectivity index (χ2n) is 20.4. The number of benzene rings is 12. The molecule has 0 radical (unpaired) electrons. The summed E-state index contributed by atoms with van der Waals surface area (Å²) in [6.45, 7) is 0. The Hall–Kier alpha value is -9.76. The second kappa shape index (κ2) is 17.7. The van der Waals surface area contributed by atoms with Gasteiger partial charge >= 0.3 is 0 Å². The Balaban J connectivity index is 0.767. The zero-order valence-electron chi connectivity index (χ0n) is 41.8. The normalized spacial score (nSPS) is 13.8. The van der Waals surface area contributed by atoms with Crippen LogP contribution in [0.5, 0.6) is 0 Å². The summed E-state index contributed by atoms with van der Waals surface area (Å²) >= 11 is 0. The molecule has 12 aromatic carbocycles. The molecule has 356 valence electrons. The van der Waals surface area contributed by atoms with Crippen LogP contribution >= 0.6 is 0 Å². The highest BCUT2D eigenvalue weighted by molar-refractivity contribution is 6.12. The summed E-state index contributed by atoms with van der Waals surface area (Å²) in [5.41, 5.74) is 22.3. The number of anilines is 2. The van der Waals surface area contributed by atoms with Crippen molar-refractivity contribution in [3.05, 3.63) is 314 Å². The zero-order chi connectivity index (χ0) is 50.2. The molecule has 0 N–H and O–H groups in total. The van der Waals surface area contributed by atoms with Crippen molar-refractivity contribution < 1.29 is 0 Å². The Morgan fingerprint density at radius 2 is 0.855 bits per heavy atom. The molecule has 2 aliphatic carbocycles. The molecule has 2 heteroatoms. The predicted octanol–water partition coefficient (Wildman–Crippen LogP) is 19.5. The fourth-order valence-electron chi connectivity index (χ4n) is 12.8. The van der Waals surface area contributed by atoms with Crippen molar-refractivity contribution >= 4 is 60.3 Å². The maximum absolute atomic E-state index is 2.43. The van der Waals surface area contributed by atoms with Crippen molar-refractivity contribution in [2.24, 2.45) is 0 Å². The highest BCUT2D eigenvalue weighted by Gasteiger charge is 2.49. The Morgan fingerprint density at radius 1 is 0.342 bits per heavy atom. The molecule has 0 saturated heterocycles. The lowest BCUT2D eigenvalue weighted by atomic mass is 9.73. The lowest BCUT2D eigenvalue weighted by Gasteiger charge is -2.28. The molecule has 2 nitrogen and oxygen atoms in total. The van der Waals surface area contributed by atoms with E-state index < -0.39 is 0 Å². The summed E-state index contributed by atoms with van der Waals surface area (Å²) in [6, 6.07) is 100. The third kappa shape index (κ3) is 7.02. The first-order chi connectivity index (χ1) is 37.7. The van der Waals surface area contributed by atoms with Gasteiger partial charge in [-0.15, -0.1) is 0 Å². The van der Waals surface area contributed by atoms with Gasteiger partial charge in [0.2, 0.25) is 0 Å². The van der Waals surface area contributed by atoms with Gasteiger partial charge in [-0.05, 0) is 156 Å². The van der Waals surface area contributed by atoms with Crippen LogP contribution in [0.3, 0.4) is 0 Å². The van der Waals surface area contributed by atoms with Crippen molar-refractivity contribution in [2.45, 2.75) is 11.8 Å². The maximum atomic E-state index is 2.43. The maximum Gasteiger partial charge on any atom is 0.0541 e. The molecule has 0 bridgehead atoms. The predicted molar refractivity (Wildman–Crippen MR) is 321 cm³/mol. The molecule has 1 heterocycles. The van der Waals surface area contributed by atoms with Crippen LogP contribution in [0, 0.1) is 0 Å². The Bertz CT molecular complexity index is 4430. The van der Waals surface area contributed by atoms with E-state index in [4.69, 9.17) is 0 Å². The van der Waals surface area contributed by atoms with E-state index in [1.165, 1.54) is 121 Å². The Morgan fingerprint density at radius 3 is 1.62 bits per heavy atom. The largest absolute Gasteiger partial charge is 0.317 e. The minimum atomic E-state index is -0.220. The molecule has 0 atom stereocenters. The molecule has 0 saturated carbocycles. The molecule has 15 rings (SSSR count). The summed E-state index contributed by atoms with van der Waals surface area (Å²) in [6.07, 6.45) is 7.76. The molecular formula is C74H50N2. The van der Waals surface area contributed by atoms with Crippen LogP contribution in [0.1, 0.15) is 28.7 Å². The van der Waals surface area contributed by atoms with Crippen molar-refractivity contribution in [3.63, 3.8) is 0 Å². The smallest absolute Gasteiger partial charge is 0.0541 e. The van der Waals surface area contributed by atoms with Gasteiger partial charge in [0.25, 0.3) is 0 Å². The van der Waals surface area contributed by atoms with Crippen molar-refractivity contribution in [1.82, 2.24) is 4.57 Å². The van der Waals surface area contributed by atoms with Gasteiger partial charge in [0.15, 0.2) is 0 Å². The molecule has 0 unspecified atom stereocenters. The lowest BCUT2D eigenvalue weighted by molar-refractivity contribution is 0.681. The first kappa shape index (κ1) is 43.8. The minimum absolute atomic E-state index is 0.220. The van der Waals surface area contributed by atoms with Gasteiger partial charge in [0, 0.05) is 33.7 Å². The van der Waals surface area contributed by atoms with E-state index in [1.54, 1.807) is 0 Å². The number of hydrogen-bond acceptors (Lipinski definition) is 1. The highest BCUT2D eigenvalue weighted by Crippen LogP contribution is 2.61. The molecule has 2 aliphatic rings. The molecule has 1 aromatic heterocycles. The average Bonchev–Trinajstić information content (AvgIpc) is 4.26. The summed E-state index contributed by atoms with van der Waals surface area (Å²) in [5, 5.41) is 7.41. The minimum Gasteiger partial charge on any atom is -0.317 e. The number of aromatic nitrogens is 1. The van der Waals surface area contributed by atoms with Crippen LogP contribution in [0.2, 0.25) is 0 Å². The van der Waals surface area contributed by atoms with E-state index in [1.807, 2.05) is 0 Å². The Labute approximate surface area is 443 Å². The summed E-state index contributed by atoms with van der Waals surface area (Å²) in [5.74, 6) is 0. The molecule has 76 heavy (non-hydrogen) atoms. The van der Waals surface area contributed by atoms with E-state index in [9.17, 15) is 0 Å². The molecule has 0 fully saturated rings. The monoisotopic (exact) mass is 966 g/mol. The van der Waals surface area contributed by atoms with Crippen molar-refractivity contribution in [1.29, 1.82) is 0 Å². The van der Waals surface area contributed by atoms with Crippen molar-refractivity contribution in [2.75, 3.05) is 4.90 Å². The summed E-state index contributed by atoms with van der Waals surface area (Å²) in [4.78, 5) is 2.33. The number of allylic oxidation sites excluding steroid dienone is 3. The summed E-state index contributed by atoms with van der Waals surface area (Å²) in [7, 11) is 0. The lowest BCUT2D eigenvalue weighted by Crippen LogP contribution is -2.23. The van der Waals surface area contributed by atoms with Crippen LogP contribution in [0.4, 0.5) is 11.4 Å². The first-order valence-corrected chi connectivity index (χ1v) is 26.4. The quantitative estimate of drug-likeness (QED) is 0.147. The second-order valence-corrected chi connectivity index (χ2v) is 20.4. The fourth-order valence-corrected chi connectivity index (χ4v) is 12.8. The third-order valence-electron chi connectivity index (χ3n) is 16.4. The van der Waals surface area contributed by atoms with Crippen LogP contribution in [-0.2, 0) is 5.41 Å². The van der Waals surface area contributed by atoms with E-state index in [0.717, 1.165) is 17.8 Å². The molecule has 13 aromatic rings. The van der Waals surface area contributed by atoms with Gasteiger partial charge in [-0.1, -0.05) is 224 Å². The number of nitrogens with zero attached hydrogens (tertiary/aromatic N) is 2. The van der Waals surface area contributed by atoms with Gasteiger partial charge in [0.05, 0.1) is 22.1 Å². The fraction of sp³-hybridized carbons (Fsp3) is 0.0270. The number of para-hydroxylation sites is 1. The average molecular weight is 967 g/mol. The molecule has 1 spiro atoms. The van der Waals surface area contributed by atoms with E-state index in [0.29, 0.717) is 0 Å². The van der Waals surface area contributed by atoms with E-state index in [2.05, 4.69) is 301 Å². The van der Waals surface area contributed by atoms with Gasteiger partial charge in [0.1, 0.15) is 0 Å². The van der Waals surface area contributed by atoms with Gasteiger partial charge in [-0.3, -0.25) is 0 Å². The highest BCUT2D eigenvalue weighted by atomic mass is 15.1. The standard InChI is InChI=1S/C74H50N2/c1-2-16-50(17-3-1)55-35-36-57-47-61(43-39-56(57)46-55)75(45-15-20-59-49-74(68-26-10-6-21-62(59)68)69-27-11-7-23-64(69)65-24-8-12-28-70(65)74)60-41-37-52(38-42-60)51-31-33-53(34-32-51)58-40-44-73-67(48-58)66-25-9-13-29-72(66)76(73)71-30-14-19-54-18-4-5-22-63(54)71/h1-48H,49H2. The van der Waals surface area contributed by atoms with Gasteiger partial charge in [-0.25, -0.2) is 0 Å². The topological polar surface area (TPSA) is 8.17 Å². The van der Waals surface area contributed by atoms with Gasteiger partial charge in [-0.2, -0.15) is 0 Å². The molecule has 0 amide bonds. The van der Waals surface area contributed by atoms with Crippen molar-refractivity contribution in [3.8, 4) is 50.2 Å².